The molecule has 102 valence electrons. The molecule has 1 heterocycles. The first-order valence-corrected chi connectivity index (χ1v) is 6.86. The number of aromatic nitrogens is 2. The molecule has 0 N–H and O–H groups in total. The van der Waals surface area contributed by atoms with Gasteiger partial charge in [0.15, 0.2) is 0 Å². The predicted octanol–water partition coefficient (Wildman–Crippen LogP) is 3.57. The van der Waals surface area contributed by atoms with Crippen LogP contribution in [-0.2, 0) is 9.47 Å². The van der Waals surface area contributed by atoms with Gasteiger partial charge < -0.3 is 14.0 Å². The van der Waals surface area contributed by atoms with Crippen LogP contribution < -0.4 is 0 Å². The van der Waals surface area contributed by atoms with E-state index in [9.17, 15) is 0 Å². The molecule has 0 amide bonds. The molecular weight excluding hydrogens is 312 g/mol. The highest BCUT2D eigenvalue weighted by molar-refractivity contribution is 9.10. The van der Waals surface area contributed by atoms with E-state index in [-0.39, 0.29) is 0 Å². The summed E-state index contributed by atoms with van der Waals surface area (Å²) < 4.78 is 17.0. The van der Waals surface area contributed by atoms with Crippen molar-refractivity contribution in [3.63, 3.8) is 0 Å². The van der Waals surface area contributed by atoms with Crippen LogP contribution in [0.3, 0.4) is 0 Å². The summed E-state index contributed by atoms with van der Waals surface area (Å²) in [6.45, 7) is 4.80. The molecule has 0 spiro atoms. The van der Waals surface area contributed by atoms with Gasteiger partial charge in [-0.3, -0.25) is 0 Å². The van der Waals surface area contributed by atoms with Gasteiger partial charge in [0.25, 0.3) is 5.89 Å². The molecule has 0 aliphatic rings. The third kappa shape index (κ3) is 3.62. The Kier molecular flexibility index (Phi) is 5.07. The van der Waals surface area contributed by atoms with Gasteiger partial charge >= 0.3 is 0 Å². The van der Waals surface area contributed by atoms with Crippen molar-refractivity contribution < 1.29 is 14.0 Å². The fourth-order valence-electron chi connectivity index (χ4n) is 1.57. The molecule has 5 nitrogen and oxygen atoms in total. The second kappa shape index (κ2) is 6.79. The number of nitrogens with zero attached hydrogens (tertiary/aromatic N) is 2. The zero-order valence-corrected chi connectivity index (χ0v) is 12.4. The summed E-state index contributed by atoms with van der Waals surface area (Å²) in [6, 6.07) is 7.69. The summed E-state index contributed by atoms with van der Waals surface area (Å²) in [6.07, 6.45) is -0.608. The Bertz CT molecular complexity index is 524. The molecule has 2 aromatic rings. The SMILES string of the molecule is CCOC(OCC)c1nc(-c2cccc(Br)c2)no1. The maximum atomic E-state index is 5.41. The van der Waals surface area contributed by atoms with E-state index in [0.29, 0.717) is 24.9 Å². The number of rotatable bonds is 6. The highest BCUT2D eigenvalue weighted by Crippen LogP contribution is 2.23. The van der Waals surface area contributed by atoms with E-state index in [2.05, 4.69) is 26.1 Å². The van der Waals surface area contributed by atoms with Crippen LogP contribution in [0.4, 0.5) is 0 Å². The van der Waals surface area contributed by atoms with Gasteiger partial charge in [0.05, 0.1) is 0 Å². The molecule has 6 heteroatoms. The van der Waals surface area contributed by atoms with E-state index < -0.39 is 6.29 Å². The average Bonchev–Trinajstić information content (AvgIpc) is 2.88. The Hall–Kier alpha value is -1.24. The molecule has 0 unspecified atom stereocenters. The van der Waals surface area contributed by atoms with Gasteiger partial charge in [-0.15, -0.1) is 0 Å². The predicted molar refractivity (Wildman–Crippen MR) is 73.4 cm³/mol. The number of benzene rings is 1. The number of hydrogen-bond donors (Lipinski definition) is 0. The van der Waals surface area contributed by atoms with Crippen molar-refractivity contribution in [3.8, 4) is 11.4 Å². The Morgan fingerprint density at radius 3 is 2.63 bits per heavy atom. The maximum Gasteiger partial charge on any atom is 0.283 e. The smallest absolute Gasteiger partial charge is 0.283 e. The zero-order valence-electron chi connectivity index (χ0n) is 10.8. The van der Waals surface area contributed by atoms with E-state index in [4.69, 9.17) is 14.0 Å². The van der Waals surface area contributed by atoms with Gasteiger partial charge in [-0.1, -0.05) is 33.2 Å². The van der Waals surface area contributed by atoms with Gasteiger partial charge in [-0.25, -0.2) is 0 Å². The van der Waals surface area contributed by atoms with Crippen molar-refractivity contribution in [2.75, 3.05) is 13.2 Å². The molecule has 0 fully saturated rings. The lowest BCUT2D eigenvalue weighted by Crippen LogP contribution is -2.09. The van der Waals surface area contributed by atoms with Crippen LogP contribution in [-0.4, -0.2) is 23.4 Å². The van der Waals surface area contributed by atoms with Crippen LogP contribution in [0.2, 0.25) is 0 Å². The summed E-state index contributed by atoms with van der Waals surface area (Å²) in [5.41, 5.74) is 0.871. The van der Waals surface area contributed by atoms with Gasteiger partial charge in [0.1, 0.15) is 0 Å². The Morgan fingerprint density at radius 2 is 2.00 bits per heavy atom. The molecule has 0 aliphatic carbocycles. The molecule has 0 radical (unpaired) electrons. The largest absolute Gasteiger partial charge is 0.345 e. The minimum Gasteiger partial charge on any atom is -0.345 e. The van der Waals surface area contributed by atoms with Crippen molar-refractivity contribution >= 4 is 15.9 Å². The fourth-order valence-corrected chi connectivity index (χ4v) is 1.97. The van der Waals surface area contributed by atoms with Gasteiger partial charge in [-0.05, 0) is 26.0 Å². The normalized spacial score (nSPS) is 11.2. The topological polar surface area (TPSA) is 57.4 Å². The van der Waals surface area contributed by atoms with Gasteiger partial charge in [0.2, 0.25) is 12.1 Å². The fraction of sp³-hybridized carbons (Fsp3) is 0.385. The molecule has 0 saturated heterocycles. The van der Waals surface area contributed by atoms with E-state index in [0.717, 1.165) is 10.0 Å². The lowest BCUT2D eigenvalue weighted by atomic mass is 10.2. The minimum atomic E-state index is -0.608. The molecule has 0 atom stereocenters. The molecule has 0 saturated carbocycles. The van der Waals surface area contributed by atoms with Crippen LogP contribution in [0.1, 0.15) is 26.0 Å². The van der Waals surface area contributed by atoms with E-state index in [1.807, 2.05) is 38.1 Å². The van der Waals surface area contributed by atoms with Crippen LogP contribution >= 0.6 is 15.9 Å². The monoisotopic (exact) mass is 326 g/mol. The summed E-state index contributed by atoms with van der Waals surface area (Å²) in [4.78, 5) is 4.31. The van der Waals surface area contributed by atoms with E-state index in [1.165, 1.54) is 0 Å². The third-order valence-corrected chi connectivity index (χ3v) is 2.86. The zero-order chi connectivity index (χ0) is 13.7. The number of hydrogen-bond acceptors (Lipinski definition) is 5. The number of halogens is 1. The Labute approximate surface area is 120 Å². The first kappa shape index (κ1) is 14.2. The second-order valence-corrected chi connectivity index (χ2v) is 4.62. The van der Waals surface area contributed by atoms with Crippen molar-refractivity contribution in [2.45, 2.75) is 20.1 Å². The Morgan fingerprint density at radius 1 is 1.26 bits per heavy atom. The molecule has 19 heavy (non-hydrogen) atoms. The highest BCUT2D eigenvalue weighted by Gasteiger charge is 2.20. The van der Waals surface area contributed by atoms with Crippen molar-refractivity contribution in [3.05, 3.63) is 34.6 Å². The average molecular weight is 327 g/mol. The summed E-state index contributed by atoms with van der Waals surface area (Å²) in [7, 11) is 0. The Balaban J connectivity index is 2.22. The van der Waals surface area contributed by atoms with Crippen molar-refractivity contribution in [1.29, 1.82) is 0 Å². The van der Waals surface area contributed by atoms with Crippen LogP contribution in [0, 0.1) is 0 Å². The summed E-state index contributed by atoms with van der Waals surface area (Å²) in [5, 5.41) is 3.95. The molecular formula is C13H15BrN2O3. The standard InChI is InChI=1S/C13H15BrN2O3/c1-3-17-13(18-4-2)12-15-11(16-19-12)9-6-5-7-10(14)8-9/h5-8,13H,3-4H2,1-2H3. The highest BCUT2D eigenvalue weighted by atomic mass is 79.9. The van der Waals surface area contributed by atoms with Crippen molar-refractivity contribution in [1.82, 2.24) is 10.1 Å². The summed E-state index contributed by atoms with van der Waals surface area (Å²) in [5.74, 6) is 0.847. The van der Waals surface area contributed by atoms with E-state index >= 15 is 0 Å². The maximum absolute atomic E-state index is 5.41. The molecule has 0 aliphatic heterocycles. The summed E-state index contributed by atoms with van der Waals surface area (Å²) >= 11 is 3.41. The quantitative estimate of drug-likeness (QED) is 0.759. The lowest BCUT2D eigenvalue weighted by molar-refractivity contribution is -0.155. The van der Waals surface area contributed by atoms with E-state index in [1.54, 1.807) is 0 Å². The van der Waals surface area contributed by atoms with Crippen molar-refractivity contribution in [2.24, 2.45) is 0 Å². The van der Waals surface area contributed by atoms with Gasteiger partial charge in [-0.2, -0.15) is 4.98 Å². The van der Waals surface area contributed by atoms with Crippen LogP contribution in [0.5, 0.6) is 0 Å². The van der Waals surface area contributed by atoms with Crippen LogP contribution in [0.25, 0.3) is 11.4 Å². The number of ether oxygens (including phenoxy) is 2. The molecule has 2 rings (SSSR count). The first-order valence-electron chi connectivity index (χ1n) is 6.07. The first-order chi connectivity index (χ1) is 9.24. The van der Waals surface area contributed by atoms with Crippen LogP contribution in [0.15, 0.2) is 33.3 Å². The second-order valence-electron chi connectivity index (χ2n) is 3.71. The molecule has 1 aromatic heterocycles. The molecule has 0 bridgehead atoms. The minimum absolute atomic E-state index is 0.332. The lowest BCUT2D eigenvalue weighted by Gasteiger charge is -2.11. The molecule has 1 aromatic carbocycles. The third-order valence-electron chi connectivity index (χ3n) is 2.36. The van der Waals surface area contributed by atoms with Gasteiger partial charge in [0, 0.05) is 23.2 Å².